The van der Waals surface area contributed by atoms with Gasteiger partial charge in [-0.3, -0.25) is 9.59 Å². The molecule has 5 nitrogen and oxygen atoms in total. The van der Waals surface area contributed by atoms with Crippen LogP contribution in [0.5, 0.6) is 5.75 Å². The summed E-state index contributed by atoms with van der Waals surface area (Å²) >= 11 is 1.57. The number of benzene rings is 1. The first-order valence-electron chi connectivity index (χ1n) is 7.00. The third-order valence-corrected chi connectivity index (χ3v) is 4.31. The van der Waals surface area contributed by atoms with E-state index in [4.69, 9.17) is 4.74 Å². The highest BCUT2D eigenvalue weighted by Gasteiger charge is 2.18. The summed E-state index contributed by atoms with van der Waals surface area (Å²) < 4.78 is 5.32. The maximum absolute atomic E-state index is 12.0. The molecule has 0 saturated heterocycles. The van der Waals surface area contributed by atoms with Gasteiger partial charge in [-0.15, -0.1) is 11.3 Å². The van der Waals surface area contributed by atoms with Crippen molar-refractivity contribution >= 4 is 28.8 Å². The molecule has 0 spiro atoms. The Bertz CT molecular complexity index is 697. The molecule has 0 bridgehead atoms. The number of fused-ring (bicyclic) bond motifs is 1. The molecule has 1 atom stereocenters. The third kappa shape index (κ3) is 3.28. The highest BCUT2D eigenvalue weighted by Crippen LogP contribution is 2.30. The average molecular weight is 316 g/mol. The zero-order valence-electron chi connectivity index (χ0n) is 12.1. The smallest absolute Gasteiger partial charge is 0.262 e. The molecule has 1 aliphatic heterocycles. The number of anilines is 1. The highest BCUT2D eigenvalue weighted by atomic mass is 32.1. The molecule has 114 valence electrons. The Balaban J connectivity index is 1.67. The Morgan fingerprint density at radius 1 is 1.45 bits per heavy atom. The number of nitrogens with one attached hydrogen (secondary N) is 2. The van der Waals surface area contributed by atoms with E-state index in [2.05, 4.69) is 10.6 Å². The lowest BCUT2D eigenvalue weighted by Gasteiger charge is -2.21. The van der Waals surface area contributed by atoms with Gasteiger partial charge >= 0.3 is 0 Å². The quantitative estimate of drug-likeness (QED) is 0.910. The molecule has 0 fully saturated rings. The fourth-order valence-electron chi connectivity index (χ4n) is 2.32. The minimum atomic E-state index is -0.168. The van der Waals surface area contributed by atoms with Gasteiger partial charge in [0.05, 0.1) is 18.2 Å². The van der Waals surface area contributed by atoms with Crippen molar-refractivity contribution in [1.82, 2.24) is 5.32 Å². The molecule has 1 aliphatic rings. The predicted molar refractivity (Wildman–Crippen MR) is 85.1 cm³/mol. The van der Waals surface area contributed by atoms with E-state index >= 15 is 0 Å². The highest BCUT2D eigenvalue weighted by molar-refractivity contribution is 7.10. The molecule has 0 radical (unpaired) electrons. The standard InChI is InChI=1S/C16H16N2O3S/c1-10(17-15(19)8-12-3-2-6-22-12)11-4-5-14-13(7-11)18-16(20)9-21-14/h2-7,10H,8-9H2,1H3,(H,17,19)(H,18,20). The molecule has 1 aromatic carbocycles. The average Bonchev–Trinajstić information content (AvgIpc) is 2.99. The van der Waals surface area contributed by atoms with Gasteiger partial charge in [0.15, 0.2) is 6.61 Å². The predicted octanol–water partition coefficient (Wildman–Crippen LogP) is 2.50. The number of amides is 2. The lowest BCUT2D eigenvalue weighted by Crippen LogP contribution is -2.29. The van der Waals surface area contributed by atoms with Gasteiger partial charge in [0.1, 0.15) is 5.75 Å². The molecule has 1 unspecified atom stereocenters. The van der Waals surface area contributed by atoms with E-state index in [1.807, 2.05) is 42.6 Å². The van der Waals surface area contributed by atoms with Gasteiger partial charge in [0, 0.05) is 4.88 Å². The van der Waals surface area contributed by atoms with E-state index in [0.717, 1.165) is 10.4 Å². The molecule has 2 aromatic rings. The van der Waals surface area contributed by atoms with Crippen molar-refractivity contribution in [3.63, 3.8) is 0 Å². The molecule has 2 amide bonds. The summed E-state index contributed by atoms with van der Waals surface area (Å²) in [7, 11) is 0. The van der Waals surface area contributed by atoms with Crippen LogP contribution in [0.2, 0.25) is 0 Å². The number of carbonyl (C=O) groups is 2. The Hall–Kier alpha value is -2.34. The van der Waals surface area contributed by atoms with E-state index < -0.39 is 0 Å². The zero-order chi connectivity index (χ0) is 15.5. The number of rotatable bonds is 4. The van der Waals surface area contributed by atoms with Gasteiger partial charge in [0.2, 0.25) is 5.91 Å². The first kappa shape index (κ1) is 14.6. The lowest BCUT2D eigenvalue weighted by atomic mass is 10.1. The van der Waals surface area contributed by atoms with Crippen molar-refractivity contribution in [1.29, 1.82) is 0 Å². The number of hydrogen-bond donors (Lipinski definition) is 2. The molecule has 1 aromatic heterocycles. The lowest BCUT2D eigenvalue weighted by molar-refractivity contribution is -0.121. The van der Waals surface area contributed by atoms with Gasteiger partial charge in [-0.05, 0) is 36.1 Å². The topological polar surface area (TPSA) is 67.4 Å². The summed E-state index contributed by atoms with van der Waals surface area (Å²) in [5.41, 5.74) is 1.57. The second kappa shape index (κ2) is 6.19. The van der Waals surface area contributed by atoms with Crippen LogP contribution < -0.4 is 15.4 Å². The molecule has 2 N–H and O–H groups in total. The number of thiophene rings is 1. The van der Waals surface area contributed by atoms with E-state index in [-0.39, 0.29) is 24.5 Å². The molecule has 6 heteroatoms. The van der Waals surface area contributed by atoms with Crippen LogP contribution in [0.25, 0.3) is 0 Å². The molecular formula is C16H16N2O3S. The first-order valence-corrected chi connectivity index (χ1v) is 7.88. The Morgan fingerprint density at radius 3 is 3.09 bits per heavy atom. The van der Waals surface area contributed by atoms with E-state index in [0.29, 0.717) is 17.9 Å². The minimum Gasteiger partial charge on any atom is -0.482 e. The first-order chi connectivity index (χ1) is 10.6. The SMILES string of the molecule is CC(NC(=O)Cc1cccs1)c1ccc2c(c1)NC(=O)CO2. The summed E-state index contributed by atoms with van der Waals surface area (Å²) in [5, 5.41) is 7.69. The fraction of sp³-hybridized carbons (Fsp3) is 0.250. The summed E-state index contributed by atoms with van der Waals surface area (Å²) in [4.78, 5) is 24.4. The van der Waals surface area contributed by atoms with Gasteiger partial charge in [-0.25, -0.2) is 0 Å². The molecule has 3 rings (SSSR count). The molecule has 22 heavy (non-hydrogen) atoms. The number of hydrogen-bond acceptors (Lipinski definition) is 4. The molecule has 0 aliphatic carbocycles. The van der Waals surface area contributed by atoms with Crippen LogP contribution in [0.1, 0.15) is 23.4 Å². The minimum absolute atomic E-state index is 0.0204. The monoisotopic (exact) mass is 316 g/mol. The van der Waals surface area contributed by atoms with Crippen LogP contribution in [0, 0.1) is 0 Å². The van der Waals surface area contributed by atoms with Crippen molar-refractivity contribution in [2.75, 3.05) is 11.9 Å². The van der Waals surface area contributed by atoms with Crippen molar-refractivity contribution in [3.8, 4) is 5.75 Å². The van der Waals surface area contributed by atoms with Crippen LogP contribution in [0.15, 0.2) is 35.7 Å². The van der Waals surface area contributed by atoms with Crippen LogP contribution in [0.4, 0.5) is 5.69 Å². The zero-order valence-corrected chi connectivity index (χ0v) is 12.9. The largest absolute Gasteiger partial charge is 0.482 e. The Kier molecular flexibility index (Phi) is 4.11. The summed E-state index contributed by atoms with van der Waals surface area (Å²) in [5.74, 6) is 0.465. The molecule has 0 saturated carbocycles. The van der Waals surface area contributed by atoms with E-state index in [1.165, 1.54) is 0 Å². The molecule has 2 heterocycles. The van der Waals surface area contributed by atoms with Crippen molar-refractivity contribution < 1.29 is 14.3 Å². The molecular weight excluding hydrogens is 300 g/mol. The van der Waals surface area contributed by atoms with Gasteiger partial charge in [-0.2, -0.15) is 0 Å². The third-order valence-electron chi connectivity index (χ3n) is 3.43. The summed E-state index contributed by atoms with van der Waals surface area (Å²) in [6.07, 6.45) is 0.382. The van der Waals surface area contributed by atoms with Crippen molar-refractivity contribution in [2.45, 2.75) is 19.4 Å². The van der Waals surface area contributed by atoms with Crippen LogP contribution >= 0.6 is 11.3 Å². The Morgan fingerprint density at radius 2 is 2.32 bits per heavy atom. The summed E-state index contributed by atoms with van der Waals surface area (Å²) in [6, 6.07) is 9.28. The normalized spacial score (nSPS) is 14.5. The van der Waals surface area contributed by atoms with E-state index in [9.17, 15) is 9.59 Å². The second-order valence-electron chi connectivity index (χ2n) is 5.14. The van der Waals surface area contributed by atoms with E-state index in [1.54, 1.807) is 11.3 Å². The number of carbonyl (C=O) groups excluding carboxylic acids is 2. The van der Waals surface area contributed by atoms with Crippen molar-refractivity contribution in [2.24, 2.45) is 0 Å². The van der Waals surface area contributed by atoms with Gasteiger partial charge < -0.3 is 15.4 Å². The van der Waals surface area contributed by atoms with Gasteiger partial charge in [-0.1, -0.05) is 12.1 Å². The maximum atomic E-state index is 12.0. The van der Waals surface area contributed by atoms with Crippen LogP contribution in [0.3, 0.4) is 0 Å². The van der Waals surface area contributed by atoms with Crippen LogP contribution in [-0.2, 0) is 16.0 Å². The summed E-state index contributed by atoms with van der Waals surface area (Å²) in [6.45, 7) is 1.96. The Labute approximate surface area is 132 Å². The maximum Gasteiger partial charge on any atom is 0.262 e. The van der Waals surface area contributed by atoms with Crippen LogP contribution in [-0.4, -0.2) is 18.4 Å². The fourth-order valence-corrected chi connectivity index (χ4v) is 3.02. The van der Waals surface area contributed by atoms with Gasteiger partial charge in [0.25, 0.3) is 5.91 Å². The number of ether oxygens (including phenoxy) is 1. The second-order valence-corrected chi connectivity index (χ2v) is 6.17. The van der Waals surface area contributed by atoms with Crippen molar-refractivity contribution in [3.05, 3.63) is 46.2 Å².